The van der Waals surface area contributed by atoms with Gasteiger partial charge in [-0.2, -0.15) is 0 Å². The van der Waals surface area contributed by atoms with Crippen LogP contribution in [0.5, 0.6) is 0 Å². The molecule has 0 aromatic carbocycles. The van der Waals surface area contributed by atoms with Crippen LogP contribution in [0, 0.1) is 19.8 Å². The minimum Gasteiger partial charge on any atom is -0.444 e. The van der Waals surface area contributed by atoms with Crippen molar-refractivity contribution in [2.24, 2.45) is 5.92 Å². The van der Waals surface area contributed by atoms with Crippen molar-refractivity contribution in [1.29, 1.82) is 0 Å². The van der Waals surface area contributed by atoms with Crippen molar-refractivity contribution in [3.05, 3.63) is 17.3 Å². The van der Waals surface area contributed by atoms with E-state index in [1.54, 1.807) is 0 Å². The molecule has 0 saturated carbocycles. The third-order valence-electron chi connectivity index (χ3n) is 3.67. The van der Waals surface area contributed by atoms with Gasteiger partial charge in [0.05, 0.1) is 18.3 Å². The first-order valence-electron chi connectivity index (χ1n) is 6.84. The van der Waals surface area contributed by atoms with Gasteiger partial charge >= 0.3 is 0 Å². The van der Waals surface area contributed by atoms with Gasteiger partial charge in [-0.3, -0.25) is 0 Å². The monoisotopic (exact) mass is 252 g/mol. The highest BCUT2D eigenvalue weighted by Crippen LogP contribution is 2.20. The molecule has 102 valence electrons. The van der Waals surface area contributed by atoms with Crippen LogP contribution in [-0.4, -0.2) is 23.7 Å². The van der Waals surface area contributed by atoms with Gasteiger partial charge < -0.3 is 14.5 Å². The molecule has 2 unspecified atom stereocenters. The number of hydrogen-bond acceptors (Lipinski definition) is 4. The number of aryl methyl sites for hydroxylation is 2. The standard InChI is InChI=1S/C14H24N2O2/c1-9(2)13-7-12(5-6-17-13)15-8-14-16-10(3)11(4)18-14/h9,12-13,15H,5-8H2,1-4H3. The molecule has 1 aliphatic heterocycles. The summed E-state index contributed by atoms with van der Waals surface area (Å²) in [5, 5.41) is 3.53. The van der Waals surface area contributed by atoms with Crippen molar-refractivity contribution in [2.75, 3.05) is 6.61 Å². The van der Waals surface area contributed by atoms with Crippen LogP contribution in [0.4, 0.5) is 0 Å². The van der Waals surface area contributed by atoms with Gasteiger partial charge in [0.25, 0.3) is 0 Å². The molecular formula is C14H24N2O2. The zero-order valence-corrected chi connectivity index (χ0v) is 11.8. The van der Waals surface area contributed by atoms with E-state index in [9.17, 15) is 0 Å². The minimum atomic E-state index is 0.379. The number of ether oxygens (including phenoxy) is 1. The van der Waals surface area contributed by atoms with Crippen LogP contribution in [0.15, 0.2) is 4.42 Å². The van der Waals surface area contributed by atoms with E-state index in [4.69, 9.17) is 9.15 Å². The van der Waals surface area contributed by atoms with E-state index in [1.165, 1.54) is 0 Å². The highest BCUT2D eigenvalue weighted by Gasteiger charge is 2.24. The highest BCUT2D eigenvalue weighted by molar-refractivity contribution is 5.05. The Kier molecular flexibility index (Phi) is 4.40. The zero-order valence-electron chi connectivity index (χ0n) is 11.8. The van der Waals surface area contributed by atoms with Gasteiger partial charge in [0.2, 0.25) is 5.89 Å². The number of rotatable bonds is 4. The number of oxazole rings is 1. The zero-order chi connectivity index (χ0) is 13.1. The Balaban J connectivity index is 1.82. The van der Waals surface area contributed by atoms with Gasteiger partial charge in [-0.25, -0.2) is 4.98 Å². The van der Waals surface area contributed by atoms with E-state index < -0.39 is 0 Å². The van der Waals surface area contributed by atoms with Gasteiger partial charge in [0.15, 0.2) is 0 Å². The summed E-state index contributed by atoms with van der Waals surface area (Å²) in [6.07, 6.45) is 2.53. The molecule has 0 bridgehead atoms. The predicted octanol–water partition coefficient (Wildman–Crippen LogP) is 2.58. The molecule has 0 radical (unpaired) electrons. The SMILES string of the molecule is Cc1nc(CNC2CCOC(C(C)C)C2)oc1C. The van der Waals surface area contributed by atoms with Crippen molar-refractivity contribution in [3.63, 3.8) is 0 Å². The van der Waals surface area contributed by atoms with E-state index in [0.29, 0.717) is 24.6 Å². The van der Waals surface area contributed by atoms with Gasteiger partial charge in [0.1, 0.15) is 5.76 Å². The smallest absolute Gasteiger partial charge is 0.208 e. The molecule has 1 N–H and O–H groups in total. The second-order valence-corrected chi connectivity index (χ2v) is 5.50. The van der Waals surface area contributed by atoms with Crippen molar-refractivity contribution in [2.45, 2.75) is 59.2 Å². The van der Waals surface area contributed by atoms with Gasteiger partial charge in [-0.05, 0) is 32.6 Å². The maximum atomic E-state index is 5.77. The van der Waals surface area contributed by atoms with Gasteiger partial charge in [0, 0.05) is 12.6 Å². The largest absolute Gasteiger partial charge is 0.444 e. The highest BCUT2D eigenvalue weighted by atomic mass is 16.5. The number of nitrogens with one attached hydrogen (secondary N) is 1. The third kappa shape index (κ3) is 3.33. The first-order chi connectivity index (χ1) is 8.56. The Morgan fingerprint density at radius 3 is 2.78 bits per heavy atom. The summed E-state index contributed by atoms with van der Waals surface area (Å²) < 4.78 is 11.3. The Morgan fingerprint density at radius 2 is 2.17 bits per heavy atom. The lowest BCUT2D eigenvalue weighted by molar-refractivity contribution is -0.0248. The molecule has 4 nitrogen and oxygen atoms in total. The van der Waals surface area contributed by atoms with Crippen molar-refractivity contribution < 1.29 is 9.15 Å². The van der Waals surface area contributed by atoms with E-state index in [1.807, 2.05) is 13.8 Å². The quantitative estimate of drug-likeness (QED) is 0.894. The molecule has 1 aromatic heterocycles. The third-order valence-corrected chi connectivity index (χ3v) is 3.67. The summed E-state index contributed by atoms with van der Waals surface area (Å²) in [7, 11) is 0. The molecular weight excluding hydrogens is 228 g/mol. The number of nitrogens with zero attached hydrogens (tertiary/aromatic N) is 1. The van der Waals surface area contributed by atoms with Crippen LogP contribution in [0.1, 0.15) is 44.0 Å². The normalized spacial score (nSPS) is 24.7. The Labute approximate surface area is 109 Å². The molecule has 0 spiro atoms. The summed E-state index contributed by atoms with van der Waals surface area (Å²) in [6, 6.07) is 0.513. The fourth-order valence-electron chi connectivity index (χ4n) is 2.32. The fourth-order valence-corrected chi connectivity index (χ4v) is 2.32. The Hall–Kier alpha value is -0.870. The van der Waals surface area contributed by atoms with E-state index in [0.717, 1.165) is 36.8 Å². The van der Waals surface area contributed by atoms with Crippen molar-refractivity contribution in [1.82, 2.24) is 10.3 Å². The second-order valence-electron chi connectivity index (χ2n) is 5.50. The summed E-state index contributed by atoms with van der Waals surface area (Å²) in [4.78, 5) is 4.39. The van der Waals surface area contributed by atoms with E-state index >= 15 is 0 Å². The van der Waals surface area contributed by atoms with Crippen LogP contribution < -0.4 is 5.32 Å². The maximum absolute atomic E-state index is 5.77. The summed E-state index contributed by atoms with van der Waals surface area (Å²) in [5.74, 6) is 2.29. The maximum Gasteiger partial charge on any atom is 0.208 e. The van der Waals surface area contributed by atoms with E-state index in [2.05, 4.69) is 24.1 Å². The average Bonchev–Trinajstić information content (AvgIpc) is 2.67. The molecule has 4 heteroatoms. The van der Waals surface area contributed by atoms with Crippen LogP contribution >= 0.6 is 0 Å². The molecule has 2 rings (SSSR count). The molecule has 1 saturated heterocycles. The molecule has 0 aliphatic carbocycles. The summed E-state index contributed by atoms with van der Waals surface area (Å²) >= 11 is 0. The molecule has 2 atom stereocenters. The number of hydrogen-bond donors (Lipinski definition) is 1. The predicted molar refractivity (Wildman–Crippen MR) is 70.4 cm³/mol. The van der Waals surface area contributed by atoms with Crippen LogP contribution in [0.25, 0.3) is 0 Å². The lowest BCUT2D eigenvalue weighted by Crippen LogP contribution is -2.40. The first-order valence-corrected chi connectivity index (χ1v) is 6.84. The Morgan fingerprint density at radius 1 is 1.39 bits per heavy atom. The van der Waals surface area contributed by atoms with Crippen LogP contribution in [0.2, 0.25) is 0 Å². The lowest BCUT2D eigenvalue weighted by Gasteiger charge is -2.32. The first kappa shape index (κ1) is 13.6. The van der Waals surface area contributed by atoms with Crippen LogP contribution in [-0.2, 0) is 11.3 Å². The molecule has 1 aliphatic rings. The fraction of sp³-hybridized carbons (Fsp3) is 0.786. The minimum absolute atomic E-state index is 0.379. The molecule has 1 aromatic rings. The Bertz CT molecular complexity index is 368. The second kappa shape index (κ2) is 5.85. The van der Waals surface area contributed by atoms with Crippen LogP contribution in [0.3, 0.4) is 0 Å². The van der Waals surface area contributed by atoms with E-state index in [-0.39, 0.29) is 0 Å². The van der Waals surface area contributed by atoms with Gasteiger partial charge in [-0.1, -0.05) is 13.8 Å². The van der Waals surface area contributed by atoms with Gasteiger partial charge in [-0.15, -0.1) is 0 Å². The van der Waals surface area contributed by atoms with Crippen molar-refractivity contribution >= 4 is 0 Å². The molecule has 0 amide bonds. The lowest BCUT2D eigenvalue weighted by atomic mass is 9.95. The average molecular weight is 252 g/mol. The summed E-state index contributed by atoms with van der Waals surface area (Å²) in [6.45, 7) is 9.93. The molecule has 18 heavy (non-hydrogen) atoms. The van der Waals surface area contributed by atoms with Crippen molar-refractivity contribution in [3.8, 4) is 0 Å². The molecule has 1 fully saturated rings. The summed E-state index contributed by atoms with van der Waals surface area (Å²) in [5.41, 5.74) is 0.985. The number of aromatic nitrogens is 1. The molecule has 2 heterocycles. The topological polar surface area (TPSA) is 47.3 Å².